The molecular weight excluding hydrogens is 170 g/mol. The van der Waals surface area contributed by atoms with Gasteiger partial charge < -0.3 is 15.2 Å². The van der Waals surface area contributed by atoms with Gasteiger partial charge in [0.25, 0.3) is 0 Å². The zero-order valence-corrected chi connectivity index (χ0v) is 7.53. The predicted octanol–water partition coefficient (Wildman–Crippen LogP) is 0.0272. The average molecular weight is 183 g/mol. The van der Waals surface area contributed by atoms with Crippen LogP contribution in [0.3, 0.4) is 0 Å². The molecule has 0 aliphatic heterocycles. The number of hydrogen-bond donors (Lipinski definition) is 2. The van der Waals surface area contributed by atoms with Crippen molar-refractivity contribution in [1.29, 1.82) is 0 Å². The highest BCUT2D eigenvalue weighted by Gasteiger charge is 1.94. The summed E-state index contributed by atoms with van der Waals surface area (Å²) in [6.45, 7) is 1.25. The van der Waals surface area contributed by atoms with Crippen molar-refractivity contribution in [2.75, 3.05) is 25.6 Å². The maximum absolute atomic E-state index is 8.70. The number of rotatable bonds is 5. The Kier molecular flexibility index (Phi) is 4.14. The Morgan fingerprint density at radius 2 is 2.31 bits per heavy atom. The molecule has 0 saturated carbocycles. The zero-order valence-electron chi connectivity index (χ0n) is 7.53. The molecule has 5 heteroatoms. The van der Waals surface area contributed by atoms with Gasteiger partial charge in [0, 0.05) is 13.7 Å². The van der Waals surface area contributed by atoms with Crippen LogP contribution in [0.25, 0.3) is 0 Å². The molecule has 1 heterocycles. The number of aromatic nitrogens is 2. The lowest BCUT2D eigenvalue weighted by atomic mass is 10.5. The van der Waals surface area contributed by atoms with E-state index in [0.717, 1.165) is 0 Å². The Bertz CT molecular complexity index is 238. The van der Waals surface area contributed by atoms with Gasteiger partial charge in [0.05, 0.1) is 31.3 Å². The lowest BCUT2D eigenvalue weighted by Crippen LogP contribution is -2.09. The third-order valence-corrected chi connectivity index (χ3v) is 1.48. The van der Waals surface area contributed by atoms with Gasteiger partial charge in [-0.1, -0.05) is 0 Å². The molecule has 72 valence electrons. The topological polar surface area (TPSA) is 67.3 Å². The zero-order chi connectivity index (χ0) is 9.52. The van der Waals surface area contributed by atoms with E-state index in [4.69, 9.17) is 9.84 Å². The molecule has 13 heavy (non-hydrogen) atoms. The van der Waals surface area contributed by atoms with Crippen molar-refractivity contribution < 1.29 is 9.84 Å². The molecule has 1 aromatic heterocycles. The molecule has 1 aromatic rings. The van der Waals surface area contributed by atoms with Crippen LogP contribution in [0.4, 0.5) is 5.82 Å². The summed E-state index contributed by atoms with van der Waals surface area (Å²) >= 11 is 0. The lowest BCUT2D eigenvalue weighted by Gasteiger charge is -2.03. The minimum absolute atomic E-state index is 0.0780. The third kappa shape index (κ3) is 3.35. The third-order valence-electron chi connectivity index (χ3n) is 1.48. The highest BCUT2D eigenvalue weighted by molar-refractivity contribution is 5.30. The standard InChI is InChI=1S/C8H13N3O2/c1-13-3-2-9-8-5-10-7(6-12)4-11-8/h4-5,12H,2-3,6H2,1H3,(H,9,11). The normalized spacial score (nSPS) is 10.0. The average Bonchev–Trinajstić information content (AvgIpc) is 2.19. The van der Waals surface area contributed by atoms with Crippen LogP contribution in [0.1, 0.15) is 5.69 Å². The molecule has 0 saturated heterocycles. The van der Waals surface area contributed by atoms with Crippen molar-refractivity contribution in [3.8, 4) is 0 Å². The number of methoxy groups -OCH3 is 1. The first-order valence-corrected chi connectivity index (χ1v) is 4.01. The lowest BCUT2D eigenvalue weighted by molar-refractivity contribution is 0.210. The Morgan fingerprint density at radius 1 is 1.46 bits per heavy atom. The van der Waals surface area contributed by atoms with Crippen LogP contribution in [0.15, 0.2) is 12.4 Å². The van der Waals surface area contributed by atoms with Crippen molar-refractivity contribution in [2.24, 2.45) is 0 Å². The minimum atomic E-state index is -0.0780. The van der Waals surface area contributed by atoms with Gasteiger partial charge in [0.15, 0.2) is 0 Å². The fourth-order valence-electron chi connectivity index (χ4n) is 0.809. The van der Waals surface area contributed by atoms with Gasteiger partial charge in [0.1, 0.15) is 5.82 Å². The predicted molar refractivity (Wildman–Crippen MR) is 48.3 cm³/mol. The molecule has 0 spiro atoms. The molecule has 0 fully saturated rings. The van der Waals surface area contributed by atoms with E-state index in [-0.39, 0.29) is 6.61 Å². The molecule has 0 bridgehead atoms. The van der Waals surface area contributed by atoms with Crippen LogP contribution >= 0.6 is 0 Å². The highest BCUT2D eigenvalue weighted by Crippen LogP contribution is 1.99. The van der Waals surface area contributed by atoms with Gasteiger partial charge >= 0.3 is 0 Å². The maximum atomic E-state index is 8.70. The monoisotopic (exact) mass is 183 g/mol. The molecule has 0 aromatic carbocycles. The Balaban J connectivity index is 2.40. The van der Waals surface area contributed by atoms with Crippen LogP contribution in [-0.4, -0.2) is 35.3 Å². The number of ether oxygens (including phenoxy) is 1. The summed E-state index contributed by atoms with van der Waals surface area (Å²) in [5.41, 5.74) is 0.567. The second-order valence-corrected chi connectivity index (χ2v) is 2.47. The van der Waals surface area contributed by atoms with Gasteiger partial charge in [-0.3, -0.25) is 4.98 Å². The summed E-state index contributed by atoms with van der Waals surface area (Å²) < 4.78 is 4.86. The first kappa shape index (κ1) is 9.88. The first-order valence-electron chi connectivity index (χ1n) is 4.01. The first-order chi connectivity index (χ1) is 6.36. The molecule has 0 unspecified atom stereocenters. The van der Waals surface area contributed by atoms with E-state index in [9.17, 15) is 0 Å². The number of anilines is 1. The van der Waals surface area contributed by atoms with Crippen LogP contribution in [0.2, 0.25) is 0 Å². The van der Waals surface area contributed by atoms with Crippen LogP contribution in [0, 0.1) is 0 Å². The van der Waals surface area contributed by atoms with E-state index in [1.165, 1.54) is 6.20 Å². The smallest absolute Gasteiger partial charge is 0.144 e. The number of aliphatic hydroxyl groups excluding tert-OH is 1. The summed E-state index contributed by atoms with van der Waals surface area (Å²) in [4.78, 5) is 7.99. The minimum Gasteiger partial charge on any atom is -0.390 e. The van der Waals surface area contributed by atoms with Crippen molar-refractivity contribution in [3.05, 3.63) is 18.1 Å². The van der Waals surface area contributed by atoms with Gasteiger partial charge in [-0.25, -0.2) is 4.98 Å². The summed E-state index contributed by atoms with van der Waals surface area (Å²) in [6.07, 6.45) is 3.12. The van der Waals surface area contributed by atoms with Crippen LogP contribution in [0.5, 0.6) is 0 Å². The second-order valence-electron chi connectivity index (χ2n) is 2.47. The number of hydrogen-bond acceptors (Lipinski definition) is 5. The summed E-state index contributed by atoms with van der Waals surface area (Å²) in [5, 5.41) is 11.7. The van der Waals surface area contributed by atoms with E-state index in [1.54, 1.807) is 13.3 Å². The number of nitrogens with zero attached hydrogens (tertiary/aromatic N) is 2. The molecule has 0 atom stereocenters. The second kappa shape index (κ2) is 5.45. The van der Waals surface area contributed by atoms with Crippen molar-refractivity contribution in [3.63, 3.8) is 0 Å². The van der Waals surface area contributed by atoms with Gasteiger partial charge in [0.2, 0.25) is 0 Å². The molecule has 0 radical (unpaired) electrons. The Morgan fingerprint density at radius 3 is 2.85 bits per heavy atom. The number of aliphatic hydroxyl groups is 1. The van der Waals surface area contributed by atoms with Crippen molar-refractivity contribution in [2.45, 2.75) is 6.61 Å². The fraction of sp³-hybridized carbons (Fsp3) is 0.500. The molecule has 2 N–H and O–H groups in total. The molecule has 5 nitrogen and oxygen atoms in total. The van der Waals surface area contributed by atoms with Crippen molar-refractivity contribution in [1.82, 2.24) is 9.97 Å². The van der Waals surface area contributed by atoms with Gasteiger partial charge in [-0.2, -0.15) is 0 Å². The van der Waals surface area contributed by atoms with Crippen LogP contribution in [-0.2, 0) is 11.3 Å². The molecule has 1 rings (SSSR count). The Labute approximate surface area is 76.8 Å². The SMILES string of the molecule is COCCNc1cnc(CO)cn1. The summed E-state index contributed by atoms with van der Waals surface area (Å²) in [5.74, 6) is 0.689. The number of nitrogens with one attached hydrogen (secondary N) is 1. The summed E-state index contributed by atoms with van der Waals surface area (Å²) in [7, 11) is 1.64. The van der Waals surface area contributed by atoms with Crippen molar-refractivity contribution >= 4 is 5.82 Å². The molecule has 0 aliphatic rings. The largest absolute Gasteiger partial charge is 0.390 e. The fourth-order valence-corrected chi connectivity index (χ4v) is 0.809. The van der Waals surface area contributed by atoms with Gasteiger partial charge in [-0.05, 0) is 0 Å². The molecular formula is C8H13N3O2. The quantitative estimate of drug-likeness (QED) is 0.630. The van der Waals surface area contributed by atoms with Gasteiger partial charge in [-0.15, -0.1) is 0 Å². The van der Waals surface area contributed by atoms with E-state index in [2.05, 4.69) is 15.3 Å². The van der Waals surface area contributed by atoms with E-state index >= 15 is 0 Å². The Hall–Kier alpha value is -1.20. The molecule has 0 aliphatic carbocycles. The van der Waals surface area contributed by atoms with E-state index in [0.29, 0.717) is 24.7 Å². The maximum Gasteiger partial charge on any atom is 0.144 e. The summed E-state index contributed by atoms with van der Waals surface area (Å²) in [6, 6.07) is 0. The highest BCUT2D eigenvalue weighted by atomic mass is 16.5. The molecule has 0 amide bonds. The van der Waals surface area contributed by atoms with E-state index in [1.807, 2.05) is 0 Å². The van der Waals surface area contributed by atoms with E-state index < -0.39 is 0 Å². The van der Waals surface area contributed by atoms with Crippen LogP contribution < -0.4 is 5.32 Å².